The van der Waals surface area contributed by atoms with E-state index >= 15 is 0 Å². The van der Waals surface area contributed by atoms with E-state index in [1.807, 2.05) is 36.4 Å². The Bertz CT molecular complexity index is 1170. The molecule has 0 unspecified atom stereocenters. The number of carbonyl (C=O) groups excluding carboxylic acids is 1. The molecule has 1 N–H and O–H groups in total. The van der Waals surface area contributed by atoms with Crippen molar-refractivity contribution in [2.75, 3.05) is 13.7 Å². The van der Waals surface area contributed by atoms with E-state index in [1.165, 1.54) is 23.0 Å². The number of nitrogens with zero attached hydrogens (tertiary/aromatic N) is 1. The van der Waals surface area contributed by atoms with Crippen LogP contribution in [0.1, 0.15) is 22.8 Å². The zero-order valence-corrected chi connectivity index (χ0v) is 19.0. The van der Waals surface area contributed by atoms with Crippen molar-refractivity contribution in [3.63, 3.8) is 0 Å². The first-order valence-corrected chi connectivity index (χ1v) is 11.8. The normalized spacial score (nSPS) is 11.5. The van der Waals surface area contributed by atoms with Crippen LogP contribution in [0.4, 0.5) is 0 Å². The van der Waals surface area contributed by atoms with Gasteiger partial charge in [-0.05, 0) is 72.0 Å². The van der Waals surface area contributed by atoms with Crippen molar-refractivity contribution in [2.45, 2.75) is 23.6 Å². The molecule has 0 radical (unpaired) electrons. The lowest BCUT2D eigenvalue weighted by molar-refractivity contribution is 0.0599. The van der Waals surface area contributed by atoms with E-state index in [4.69, 9.17) is 4.74 Å². The number of aromatic hydroxyl groups is 1. The topological polar surface area (TPSA) is 83.9 Å². The molecule has 6 nitrogen and oxygen atoms in total. The van der Waals surface area contributed by atoms with Gasteiger partial charge in [0, 0.05) is 11.4 Å². The summed E-state index contributed by atoms with van der Waals surface area (Å²) in [6.45, 7) is 3.73. The maximum Gasteiger partial charge on any atom is 0.338 e. The molecule has 0 bridgehead atoms. The van der Waals surface area contributed by atoms with Gasteiger partial charge in [0.15, 0.2) is 0 Å². The molecule has 31 heavy (non-hydrogen) atoms. The number of methoxy groups -OCH3 is 1. The van der Waals surface area contributed by atoms with Crippen molar-refractivity contribution in [3.05, 3.63) is 77.9 Å². The third-order valence-corrected chi connectivity index (χ3v) is 8.10. The van der Waals surface area contributed by atoms with Crippen LogP contribution in [0.15, 0.2) is 76.5 Å². The van der Waals surface area contributed by atoms with Crippen molar-refractivity contribution in [1.29, 1.82) is 0 Å². The molecule has 3 aromatic rings. The molecule has 8 heteroatoms. The van der Waals surface area contributed by atoms with Crippen LogP contribution >= 0.6 is 11.9 Å². The van der Waals surface area contributed by atoms with Crippen LogP contribution in [0.2, 0.25) is 0 Å². The number of aryl methyl sites for hydroxylation is 1. The Morgan fingerprint density at radius 3 is 2.13 bits per heavy atom. The fraction of sp³-hybridized carbons (Fsp3) is 0.174. The second kappa shape index (κ2) is 9.55. The first-order chi connectivity index (χ1) is 14.8. The first-order valence-electron chi connectivity index (χ1n) is 9.55. The lowest BCUT2D eigenvalue weighted by atomic mass is 10.1. The van der Waals surface area contributed by atoms with Crippen molar-refractivity contribution in [2.24, 2.45) is 0 Å². The number of benzene rings is 3. The van der Waals surface area contributed by atoms with Crippen LogP contribution in [0.3, 0.4) is 0 Å². The predicted octanol–water partition coefficient (Wildman–Crippen LogP) is 4.87. The number of phenols is 1. The number of sulfonamides is 1. The van der Waals surface area contributed by atoms with Gasteiger partial charge in [-0.2, -0.15) is 0 Å². The molecule has 0 aliphatic rings. The zero-order chi connectivity index (χ0) is 22.6. The lowest BCUT2D eigenvalue weighted by Gasteiger charge is -2.20. The maximum atomic E-state index is 13.2. The summed E-state index contributed by atoms with van der Waals surface area (Å²) in [5.74, 6) is -0.374. The fourth-order valence-corrected chi connectivity index (χ4v) is 5.59. The summed E-state index contributed by atoms with van der Waals surface area (Å²) in [5, 5.41) is 9.43. The molecular formula is C23H23NO5S2. The van der Waals surface area contributed by atoms with Gasteiger partial charge in [0.25, 0.3) is 10.0 Å². The Kier molecular flexibility index (Phi) is 7.04. The summed E-state index contributed by atoms with van der Waals surface area (Å²) < 4.78 is 32.4. The summed E-state index contributed by atoms with van der Waals surface area (Å²) >= 11 is 1.11. The number of phenolic OH excluding ortho intramolecular Hbond substituents is 1. The minimum Gasteiger partial charge on any atom is -0.508 e. The Morgan fingerprint density at radius 1 is 1.00 bits per heavy atom. The van der Waals surface area contributed by atoms with Crippen molar-refractivity contribution >= 4 is 27.9 Å². The van der Waals surface area contributed by atoms with E-state index < -0.39 is 16.0 Å². The maximum absolute atomic E-state index is 13.2. The van der Waals surface area contributed by atoms with Gasteiger partial charge >= 0.3 is 5.97 Å². The average Bonchev–Trinajstić information content (AvgIpc) is 2.78. The SMILES string of the molecule is CCN(Sc1ccc(-c2ccc(O)cc2)cc1)S(=O)(=O)c1ccc(C)c(C(=O)OC)c1. The van der Waals surface area contributed by atoms with Crippen LogP contribution in [-0.4, -0.2) is 36.9 Å². The van der Waals surface area contributed by atoms with Gasteiger partial charge < -0.3 is 9.84 Å². The molecule has 0 fully saturated rings. The molecule has 3 aromatic carbocycles. The molecule has 0 aliphatic heterocycles. The van der Waals surface area contributed by atoms with Gasteiger partial charge in [0.1, 0.15) is 5.75 Å². The van der Waals surface area contributed by atoms with E-state index in [0.717, 1.165) is 28.0 Å². The van der Waals surface area contributed by atoms with Crippen molar-refractivity contribution in [1.82, 2.24) is 3.71 Å². The second-order valence-electron chi connectivity index (χ2n) is 6.75. The van der Waals surface area contributed by atoms with Crippen LogP contribution < -0.4 is 0 Å². The summed E-state index contributed by atoms with van der Waals surface area (Å²) in [4.78, 5) is 12.8. The van der Waals surface area contributed by atoms with Gasteiger partial charge in [-0.3, -0.25) is 0 Å². The van der Waals surface area contributed by atoms with E-state index in [1.54, 1.807) is 32.0 Å². The first kappa shape index (κ1) is 22.9. The van der Waals surface area contributed by atoms with Gasteiger partial charge in [-0.1, -0.05) is 37.3 Å². The number of hydrogen-bond acceptors (Lipinski definition) is 6. The Morgan fingerprint density at radius 2 is 1.58 bits per heavy atom. The minimum atomic E-state index is -3.84. The van der Waals surface area contributed by atoms with E-state index in [0.29, 0.717) is 5.56 Å². The summed E-state index contributed by atoms with van der Waals surface area (Å²) in [7, 11) is -2.57. The van der Waals surface area contributed by atoms with E-state index in [-0.39, 0.29) is 22.8 Å². The van der Waals surface area contributed by atoms with Crippen LogP contribution in [0.5, 0.6) is 5.75 Å². The van der Waals surface area contributed by atoms with Crippen LogP contribution in [0.25, 0.3) is 11.1 Å². The molecule has 0 atom stereocenters. The van der Waals surface area contributed by atoms with Gasteiger partial charge in [-0.25, -0.2) is 13.2 Å². The Hall–Kier alpha value is -2.81. The van der Waals surface area contributed by atoms with Crippen molar-refractivity contribution in [3.8, 4) is 16.9 Å². The molecule has 0 aromatic heterocycles. The van der Waals surface area contributed by atoms with Crippen LogP contribution in [-0.2, 0) is 14.8 Å². The zero-order valence-electron chi connectivity index (χ0n) is 17.4. The van der Waals surface area contributed by atoms with E-state index in [2.05, 4.69) is 0 Å². The smallest absolute Gasteiger partial charge is 0.338 e. The summed E-state index contributed by atoms with van der Waals surface area (Å²) in [6, 6.07) is 18.8. The third-order valence-electron chi connectivity index (χ3n) is 4.70. The molecule has 0 saturated heterocycles. The largest absolute Gasteiger partial charge is 0.508 e. The average molecular weight is 458 g/mol. The number of esters is 1. The fourth-order valence-electron chi connectivity index (χ4n) is 2.97. The molecule has 0 spiro atoms. The molecule has 0 heterocycles. The van der Waals surface area contributed by atoms with Gasteiger partial charge in [-0.15, -0.1) is 3.71 Å². The molecule has 0 aliphatic carbocycles. The Balaban J connectivity index is 1.85. The van der Waals surface area contributed by atoms with Crippen molar-refractivity contribution < 1.29 is 23.1 Å². The molecule has 3 rings (SSSR count). The highest BCUT2D eigenvalue weighted by atomic mass is 32.3. The highest BCUT2D eigenvalue weighted by Crippen LogP contribution is 2.32. The molecular weight excluding hydrogens is 434 g/mol. The monoisotopic (exact) mass is 457 g/mol. The second-order valence-corrected chi connectivity index (χ2v) is 9.94. The summed E-state index contributed by atoms with van der Waals surface area (Å²) in [6.07, 6.45) is 0. The Labute approximate surface area is 186 Å². The molecule has 0 saturated carbocycles. The third kappa shape index (κ3) is 5.10. The minimum absolute atomic E-state index is 0.0357. The number of rotatable bonds is 7. The highest BCUT2D eigenvalue weighted by Gasteiger charge is 2.26. The quantitative estimate of drug-likeness (QED) is 0.402. The molecule has 162 valence electrons. The highest BCUT2D eigenvalue weighted by molar-refractivity contribution is 8.08. The lowest BCUT2D eigenvalue weighted by Crippen LogP contribution is -2.24. The van der Waals surface area contributed by atoms with Gasteiger partial charge in [0.2, 0.25) is 0 Å². The number of carbonyl (C=O) groups is 1. The number of hydrogen-bond donors (Lipinski definition) is 1. The predicted molar refractivity (Wildman–Crippen MR) is 121 cm³/mol. The van der Waals surface area contributed by atoms with Crippen LogP contribution in [0, 0.1) is 6.92 Å². The van der Waals surface area contributed by atoms with E-state index in [9.17, 15) is 18.3 Å². The summed E-state index contributed by atoms with van der Waals surface area (Å²) in [5.41, 5.74) is 2.77. The van der Waals surface area contributed by atoms with Gasteiger partial charge in [0.05, 0.1) is 17.6 Å². The standard InChI is InChI=1S/C23H23NO5S2/c1-4-24(31(27,28)21-14-5-16(2)22(15-21)23(26)29-3)30-20-12-8-18(9-13-20)17-6-10-19(25)11-7-17/h5-15,25H,4H2,1-3H3. The number of ether oxygens (including phenoxy) is 1. The molecule has 0 amide bonds.